The first-order chi connectivity index (χ1) is 14.6. The lowest BCUT2D eigenvalue weighted by molar-refractivity contribution is 0.188. The van der Waals surface area contributed by atoms with Crippen LogP contribution in [-0.2, 0) is 6.42 Å². The minimum atomic E-state index is -0.157. The molecule has 160 valence electrons. The van der Waals surface area contributed by atoms with Gasteiger partial charge in [-0.3, -0.25) is 4.90 Å². The first-order valence-corrected chi connectivity index (χ1v) is 11.0. The number of nitrogen functional groups attached to an aromatic ring is 1. The highest BCUT2D eigenvalue weighted by molar-refractivity contribution is 5.77. The highest BCUT2D eigenvalue weighted by Gasteiger charge is 2.25. The smallest absolute Gasteiger partial charge is 0.145 e. The number of para-hydroxylation sites is 1. The van der Waals surface area contributed by atoms with Gasteiger partial charge in [0.05, 0.1) is 12.2 Å². The van der Waals surface area contributed by atoms with E-state index in [0.717, 1.165) is 61.3 Å². The monoisotopic (exact) mass is 409 g/mol. The molecule has 4 nitrogen and oxygen atoms in total. The van der Waals surface area contributed by atoms with Crippen molar-refractivity contribution in [3.05, 3.63) is 66.1 Å². The number of rotatable bonds is 7. The average molecular weight is 410 g/mol. The standard InChI is InChI=1S/C25H32FN3O/c1-19(29-16-17-30-24-7-3-6-23(27)25(24)29)18-28-14-12-21(13-15-28)5-2-4-20-8-10-22(26)11-9-20/h3,6-11,21H,1-2,4-5,12-18,27H2. The van der Waals surface area contributed by atoms with Crippen LogP contribution in [0, 0.1) is 11.7 Å². The van der Waals surface area contributed by atoms with E-state index >= 15 is 0 Å². The lowest BCUT2D eigenvalue weighted by Crippen LogP contribution is -2.40. The topological polar surface area (TPSA) is 41.7 Å². The summed E-state index contributed by atoms with van der Waals surface area (Å²) in [6.45, 7) is 8.91. The molecule has 2 aliphatic heterocycles. The normalized spacial score (nSPS) is 17.4. The molecule has 0 aliphatic carbocycles. The van der Waals surface area contributed by atoms with Gasteiger partial charge in [-0.15, -0.1) is 0 Å². The lowest BCUT2D eigenvalue weighted by Gasteiger charge is -2.37. The highest BCUT2D eigenvalue weighted by Crippen LogP contribution is 2.38. The number of nitrogens with zero attached hydrogens (tertiary/aromatic N) is 2. The van der Waals surface area contributed by atoms with Crippen LogP contribution in [0.3, 0.4) is 0 Å². The Kier molecular flexibility index (Phi) is 6.58. The number of nitrogens with two attached hydrogens (primary N) is 1. The van der Waals surface area contributed by atoms with Crippen molar-refractivity contribution in [2.24, 2.45) is 5.92 Å². The highest BCUT2D eigenvalue weighted by atomic mass is 19.1. The van der Waals surface area contributed by atoms with Gasteiger partial charge in [0.1, 0.15) is 23.9 Å². The van der Waals surface area contributed by atoms with Gasteiger partial charge in [0.15, 0.2) is 0 Å². The number of fused-ring (bicyclic) bond motifs is 1. The van der Waals surface area contributed by atoms with E-state index in [4.69, 9.17) is 10.5 Å². The van der Waals surface area contributed by atoms with Crippen LogP contribution in [0.4, 0.5) is 15.8 Å². The molecule has 2 aromatic rings. The van der Waals surface area contributed by atoms with E-state index in [2.05, 4.69) is 16.4 Å². The van der Waals surface area contributed by atoms with E-state index in [1.807, 2.05) is 30.3 Å². The van der Waals surface area contributed by atoms with E-state index in [9.17, 15) is 4.39 Å². The van der Waals surface area contributed by atoms with Gasteiger partial charge in [-0.2, -0.15) is 0 Å². The Morgan fingerprint density at radius 2 is 1.87 bits per heavy atom. The van der Waals surface area contributed by atoms with Gasteiger partial charge in [-0.1, -0.05) is 31.2 Å². The minimum Gasteiger partial charge on any atom is -0.489 e. The fourth-order valence-corrected chi connectivity index (χ4v) is 4.64. The molecule has 0 bridgehead atoms. The molecular formula is C25H32FN3O. The van der Waals surface area contributed by atoms with Gasteiger partial charge in [-0.05, 0) is 74.5 Å². The summed E-state index contributed by atoms with van der Waals surface area (Å²) in [7, 11) is 0. The molecule has 0 atom stereocenters. The van der Waals surface area contributed by atoms with Crippen LogP contribution in [-0.4, -0.2) is 37.7 Å². The third kappa shape index (κ3) is 4.96. The number of aryl methyl sites for hydroxylation is 1. The molecule has 0 unspecified atom stereocenters. The van der Waals surface area contributed by atoms with Crippen molar-refractivity contribution in [1.29, 1.82) is 0 Å². The van der Waals surface area contributed by atoms with Crippen molar-refractivity contribution >= 4 is 11.4 Å². The fourth-order valence-electron chi connectivity index (χ4n) is 4.64. The number of hydrogen-bond acceptors (Lipinski definition) is 4. The van der Waals surface area contributed by atoms with Crippen molar-refractivity contribution in [2.45, 2.75) is 32.1 Å². The molecule has 2 aliphatic rings. The van der Waals surface area contributed by atoms with Gasteiger partial charge < -0.3 is 15.4 Å². The van der Waals surface area contributed by atoms with E-state index in [-0.39, 0.29) is 5.82 Å². The first kappa shape index (κ1) is 20.7. The molecule has 5 heteroatoms. The summed E-state index contributed by atoms with van der Waals surface area (Å²) in [6.07, 6.45) is 5.93. The number of halogens is 1. The van der Waals surface area contributed by atoms with E-state index < -0.39 is 0 Å². The predicted octanol–water partition coefficient (Wildman–Crippen LogP) is 4.86. The van der Waals surface area contributed by atoms with Gasteiger partial charge in [0, 0.05) is 12.2 Å². The lowest BCUT2D eigenvalue weighted by atomic mass is 9.90. The largest absolute Gasteiger partial charge is 0.489 e. The Morgan fingerprint density at radius 3 is 2.63 bits per heavy atom. The number of anilines is 2. The summed E-state index contributed by atoms with van der Waals surface area (Å²) in [5.41, 5.74) is 10.2. The van der Waals surface area contributed by atoms with Crippen molar-refractivity contribution < 1.29 is 9.13 Å². The number of hydrogen-bond donors (Lipinski definition) is 1. The van der Waals surface area contributed by atoms with Crippen LogP contribution in [0.25, 0.3) is 0 Å². The zero-order chi connectivity index (χ0) is 20.9. The maximum Gasteiger partial charge on any atom is 0.145 e. The van der Waals surface area contributed by atoms with Crippen LogP contribution >= 0.6 is 0 Å². The Labute approximate surface area is 179 Å². The summed E-state index contributed by atoms with van der Waals surface area (Å²) in [6, 6.07) is 12.7. The molecular weight excluding hydrogens is 377 g/mol. The van der Waals surface area contributed by atoms with Crippen LogP contribution in [0.15, 0.2) is 54.7 Å². The molecule has 2 aromatic carbocycles. The van der Waals surface area contributed by atoms with Crippen LogP contribution in [0.5, 0.6) is 5.75 Å². The van der Waals surface area contributed by atoms with Crippen molar-refractivity contribution in [2.75, 3.05) is 43.4 Å². The molecule has 0 spiro atoms. The third-order valence-corrected chi connectivity index (χ3v) is 6.36. The Hall–Kier alpha value is -2.53. The number of benzene rings is 2. The minimum absolute atomic E-state index is 0.157. The second kappa shape index (κ2) is 9.52. The van der Waals surface area contributed by atoms with Gasteiger partial charge in [0.2, 0.25) is 0 Å². The second-order valence-electron chi connectivity index (χ2n) is 8.50. The molecule has 1 saturated heterocycles. The van der Waals surface area contributed by atoms with Crippen molar-refractivity contribution in [1.82, 2.24) is 4.90 Å². The zero-order valence-electron chi connectivity index (χ0n) is 17.7. The number of ether oxygens (including phenoxy) is 1. The van der Waals surface area contributed by atoms with Gasteiger partial charge >= 0.3 is 0 Å². The van der Waals surface area contributed by atoms with E-state index in [1.165, 1.54) is 31.2 Å². The Bertz CT molecular complexity index is 859. The van der Waals surface area contributed by atoms with Crippen LogP contribution in [0.1, 0.15) is 31.2 Å². The second-order valence-corrected chi connectivity index (χ2v) is 8.50. The fraction of sp³-hybridized carbons (Fsp3) is 0.440. The quantitative estimate of drug-likeness (QED) is 0.664. The summed E-state index contributed by atoms with van der Waals surface area (Å²) in [5.74, 6) is 1.48. The maximum absolute atomic E-state index is 13.0. The maximum atomic E-state index is 13.0. The van der Waals surface area contributed by atoms with E-state index in [0.29, 0.717) is 6.61 Å². The third-order valence-electron chi connectivity index (χ3n) is 6.36. The van der Waals surface area contributed by atoms with E-state index in [1.54, 1.807) is 12.1 Å². The Balaban J connectivity index is 1.22. The van der Waals surface area contributed by atoms with Crippen LogP contribution in [0.2, 0.25) is 0 Å². The van der Waals surface area contributed by atoms with Crippen molar-refractivity contribution in [3.63, 3.8) is 0 Å². The Morgan fingerprint density at radius 1 is 1.10 bits per heavy atom. The SMILES string of the molecule is C=C(CN1CCC(CCCc2ccc(F)cc2)CC1)N1CCOc2cccc(N)c21. The average Bonchev–Trinajstić information content (AvgIpc) is 2.76. The zero-order valence-corrected chi connectivity index (χ0v) is 17.7. The molecule has 30 heavy (non-hydrogen) atoms. The number of likely N-dealkylation sites (tertiary alicyclic amines) is 1. The summed E-state index contributed by atoms with van der Waals surface area (Å²) in [4.78, 5) is 4.73. The predicted molar refractivity (Wildman–Crippen MR) is 121 cm³/mol. The summed E-state index contributed by atoms with van der Waals surface area (Å²) < 4.78 is 18.8. The molecule has 2 N–H and O–H groups in total. The molecule has 0 saturated carbocycles. The van der Waals surface area contributed by atoms with Gasteiger partial charge in [0.25, 0.3) is 0 Å². The van der Waals surface area contributed by atoms with Gasteiger partial charge in [-0.25, -0.2) is 4.39 Å². The molecule has 2 heterocycles. The molecule has 0 aromatic heterocycles. The van der Waals surface area contributed by atoms with Crippen LogP contribution < -0.4 is 15.4 Å². The van der Waals surface area contributed by atoms with Crippen molar-refractivity contribution in [3.8, 4) is 5.75 Å². The molecule has 4 rings (SSSR count). The molecule has 1 fully saturated rings. The molecule has 0 amide bonds. The first-order valence-electron chi connectivity index (χ1n) is 11.0. The summed E-state index contributed by atoms with van der Waals surface area (Å²) >= 11 is 0. The number of piperidine rings is 1. The molecule has 0 radical (unpaired) electrons. The summed E-state index contributed by atoms with van der Waals surface area (Å²) in [5, 5.41) is 0.